The molecule has 1 rings (SSSR count). The zero-order valence-corrected chi connectivity index (χ0v) is 17.2. The summed E-state index contributed by atoms with van der Waals surface area (Å²) in [5.74, 6) is 0.476. The molecule has 138 valence electrons. The quantitative estimate of drug-likeness (QED) is 0.368. The maximum absolute atomic E-state index is 12.1. The van der Waals surface area contributed by atoms with Gasteiger partial charge >= 0.3 is 5.97 Å². The molecule has 2 atom stereocenters. The SMILES string of the molecule is CCN(CC)C(C)OC(=O)CCC(C)(C#N)SCc1ccc(S)cc1. The number of thiol groups is 1. The highest BCUT2D eigenvalue weighted by molar-refractivity contribution is 8.00. The second kappa shape index (κ2) is 10.7. The van der Waals surface area contributed by atoms with Crippen LogP contribution >= 0.6 is 24.4 Å². The van der Waals surface area contributed by atoms with E-state index in [0.717, 1.165) is 29.3 Å². The van der Waals surface area contributed by atoms with Crippen molar-refractivity contribution in [1.29, 1.82) is 5.26 Å². The fourth-order valence-corrected chi connectivity index (χ4v) is 3.53. The molecule has 4 nitrogen and oxygen atoms in total. The average molecular weight is 381 g/mol. The summed E-state index contributed by atoms with van der Waals surface area (Å²) in [6.07, 6.45) is 0.490. The third kappa shape index (κ3) is 7.72. The number of thioether (sulfide) groups is 1. The Hall–Kier alpha value is -1.16. The molecule has 0 aliphatic heterocycles. The van der Waals surface area contributed by atoms with Crippen LogP contribution in [0.3, 0.4) is 0 Å². The van der Waals surface area contributed by atoms with E-state index in [1.54, 1.807) is 11.8 Å². The molecule has 0 saturated carbocycles. The zero-order chi connectivity index (χ0) is 18.9. The predicted octanol–water partition coefficient (Wildman–Crippen LogP) is 4.50. The maximum atomic E-state index is 12.1. The Morgan fingerprint density at radius 3 is 2.48 bits per heavy atom. The van der Waals surface area contributed by atoms with Crippen LogP contribution in [-0.4, -0.2) is 34.9 Å². The minimum absolute atomic E-state index is 0.233. The lowest BCUT2D eigenvalue weighted by molar-refractivity contribution is -0.157. The van der Waals surface area contributed by atoms with Gasteiger partial charge in [-0.1, -0.05) is 26.0 Å². The van der Waals surface area contributed by atoms with Gasteiger partial charge in [0.2, 0.25) is 0 Å². The van der Waals surface area contributed by atoms with Crippen molar-refractivity contribution in [3.05, 3.63) is 29.8 Å². The summed E-state index contributed by atoms with van der Waals surface area (Å²) >= 11 is 5.83. The van der Waals surface area contributed by atoms with Crippen molar-refractivity contribution in [2.75, 3.05) is 13.1 Å². The van der Waals surface area contributed by atoms with Gasteiger partial charge in [0.05, 0.1) is 6.07 Å². The van der Waals surface area contributed by atoms with Crippen LogP contribution in [0.4, 0.5) is 0 Å². The van der Waals surface area contributed by atoms with E-state index in [1.165, 1.54) is 0 Å². The Morgan fingerprint density at radius 1 is 1.36 bits per heavy atom. The largest absolute Gasteiger partial charge is 0.447 e. The van der Waals surface area contributed by atoms with Crippen LogP contribution < -0.4 is 0 Å². The Balaban J connectivity index is 2.49. The molecule has 0 aliphatic carbocycles. The van der Waals surface area contributed by atoms with E-state index in [2.05, 4.69) is 23.6 Å². The monoisotopic (exact) mass is 380 g/mol. The summed E-state index contributed by atoms with van der Waals surface area (Å²) in [7, 11) is 0. The zero-order valence-electron chi connectivity index (χ0n) is 15.5. The van der Waals surface area contributed by atoms with Gasteiger partial charge in [0.25, 0.3) is 0 Å². The molecule has 25 heavy (non-hydrogen) atoms. The Bertz CT molecular complexity index is 582. The molecule has 0 fully saturated rings. The molecule has 0 aliphatic rings. The molecule has 1 aromatic rings. The standard InChI is InChI=1S/C19H28N2O2S2/c1-5-21(6-2)15(3)23-18(22)11-12-19(4,14-20)25-13-16-7-9-17(24)10-8-16/h7-10,15,24H,5-6,11-13H2,1-4H3. The molecular weight excluding hydrogens is 352 g/mol. The van der Waals surface area contributed by atoms with Gasteiger partial charge in [-0.15, -0.1) is 24.4 Å². The second-order valence-corrected chi connectivity index (χ2v) is 8.10. The average Bonchev–Trinajstić information content (AvgIpc) is 2.60. The van der Waals surface area contributed by atoms with Gasteiger partial charge in [-0.2, -0.15) is 5.26 Å². The lowest BCUT2D eigenvalue weighted by atomic mass is 10.1. The molecule has 0 bridgehead atoms. The van der Waals surface area contributed by atoms with Crippen molar-refractivity contribution < 1.29 is 9.53 Å². The number of hydrogen-bond acceptors (Lipinski definition) is 6. The minimum Gasteiger partial charge on any atom is -0.447 e. The lowest BCUT2D eigenvalue weighted by Crippen LogP contribution is -2.36. The molecule has 0 aromatic heterocycles. The molecular formula is C19H28N2O2S2. The maximum Gasteiger partial charge on any atom is 0.307 e. The van der Waals surface area contributed by atoms with Crippen LogP contribution in [0.5, 0.6) is 0 Å². The summed E-state index contributed by atoms with van der Waals surface area (Å²) in [5.41, 5.74) is 1.14. The Kier molecular flexibility index (Phi) is 9.41. The molecule has 0 saturated heterocycles. The van der Waals surface area contributed by atoms with Crippen LogP contribution in [0, 0.1) is 11.3 Å². The molecule has 0 heterocycles. The predicted molar refractivity (Wildman–Crippen MR) is 107 cm³/mol. The summed E-state index contributed by atoms with van der Waals surface area (Å²) in [6, 6.07) is 10.2. The number of carbonyl (C=O) groups excluding carboxylic acids is 1. The molecule has 0 radical (unpaired) electrons. The number of rotatable bonds is 10. The molecule has 0 spiro atoms. The van der Waals surface area contributed by atoms with Gasteiger partial charge in [0.15, 0.2) is 6.23 Å². The second-order valence-electron chi connectivity index (χ2n) is 6.11. The third-order valence-electron chi connectivity index (χ3n) is 4.17. The highest BCUT2D eigenvalue weighted by atomic mass is 32.2. The molecule has 0 N–H and O–H groups in total. The Labute approximate surface area is 161 Å². The first kappa shape index (κ1) is 21.9. The molecule has 2 unspecified atom stereocenters. The van der Waals surface area contributed by atoms with E-state index >= 15 is 0 Å². The van der Waals surface area contributed by atoms with Crippen molar-refractivity contribution in [3.8, 4) is 6.07 Å². The number of ether oxygens (including phenoxy) is 1. The summed E-state index contributed by atoms with van der Waals surface area (Å²) in [5, 5.41) is 9.52. The van der Waals surface area contributed by atoms with Gasteiger partial charge in [-0.05, 0) is 51.1 Å². The topological polar surface area (TPSA) is 53.3 Å². The number of nitrogens with zero attached hydrogens (tertiary/aromatic N) is 2. The molecule has 6 heteroatoms. The van der Waals surface area contributed by atoms with Gasteiger partial charge in [0, 0.05) is 17.1 Å². The van der Waals surface area contributed by atoms with Crippen LogP contribution in [0.1, 0.15) is 46.1 Å². The summed E-state index contributed by atoms with van der Waals surface area (Å²) in [4.78, 5) is 15.1. The number of nitriles is 1. The van der Waals surface area contributed by atoms with Crippen LogP contribution in [-0.2, 0) is 15.3 Å². The van der Waals surface area contributed by atoms with Crippen LogP contribution in [0.2, 0.25) is 0 Å². The van der Waals surface area contributed by atoms with E-state index in [1.807, 2.05) is 52.0 Å². The van der Waals surface area contributed by atoms with E-state index < -0.39 is 4.75 Å². The fourth-order valence-electron chi connectivity index (χ4n) is 2.40. The van der Waals surface area contributed by atoms with Crippen molar-refractivity contribution >= 4 is 30.4 Å². The highest BCUT2D eigenvalue weighted by Gasteiger charge is 2.26. The molecule has 0 amide bonds. The molecule has 1 aromatic carbocycles. The Morgan fingerprint density at radius 2 is 1.96 bits per heavy atom. The third-order valence-corrected chi connectivity index (χ3v) is 5.87. The number of benzene rings is 1. The van der Waals surface area contributed by atoms with Crippen molar-refractivity contribution in [2.45, 2.75) is 62.2 Å². The first-order chi connectivity index (χ1) is 11.8. The van der Waals surface area contributed by atoms with Crippen molar-refractivity contribution in [1.82, 2.24) is 4.90 Å². The summed E-state index contributed by atoms with van der Waals surface area (Å²) < 4.78 is 4.86. The van der Waals surface area contributed by atoms with Crippen molar-refractivity contribution in [2.24, 2.45) is 0 Å². The van der Waals surface area contributed by atoms with Gasteiger partial charge in [-0.3, -0.25) is 9.69 Å². The van der Waals surface area contributed by atoms with E-state index in [4.69, 9.17) is 4.74 Å². The van der Waals surface area contributed by atoms with Gasteiger partial charge in [-0.25, -0.2) is 0 Å². The van der Waals surface area contributed by atoms with E-state index in [9.17, 15) is 10.1 Å². The van der Waals surface area contributed by atoms with Crippen molar-refractivity contribution in [3.63, 3.8) is 0 Å². The highest BCUT2D eigenvalue weighted by Crippen LogP contribution is 2.32. The summed E-state index contributed by atoms with van der Waals surface area (Å²) in [6.45, 7) is 9.51. The first-order valence-electron chi connectivity index (χ1n) is 8.60. The number of carbonyl (C=O) groups is 1. The smallest absolute Gasteiger partial charge is 0.307 e. The van der Waals surface area contributed by atoms with Crippen LogP contribution in [0.15, 0.2) is 29.2 Å². The van der Waals surface area contributed by atoms with Gasteiger partial charge < -0.3 is 4.74 Å². The van der Waals surface area contributed by atoms with Crippen LogP contribution in [0.25, 0.3) is 0 Å². The number of esters is 1. The lowest BCUT2D eigenvalue weighted by Gasteiger charge is -2.26. The van der Waals surface area contributed by atoms with Gasteiger partial charge in [0.1, 0.15) is 4.75 Å². The minimum atomic E-state index is -0.614. The fraction of sp³-hybridized carbons (Fsp3) is 0.579. The first-order valence-corrected chi connectivity index (χ1v) is 10.0. The van der Waals surface area contributed by atoms with E-state index in [-0.39, 0.29) is 18.6 Å². The number of hydrogen-bond donors (Lipinski definition) is 1. The van der Waals surface area contributed by atoms with E-state index in [0.29, 0.717) is 6.42 Å². The normalized spacial score (nSPS) is 14.6.